The van der Waals surface area contributed by atoms with E-state index in [1.807, 2.05) is 6.08 Å². The zero-order valence-corrected chi connectivity index (χ0v) is 19.3. The first-order valence-electron chi connectivity index (χ1n) is 11.1. The highest BCUT2D eigenvalue weighted by molar-refractivity contribution is 5.17. The first kappa shape index (κ1) is 24.5. The molecular formula is C24H42O5. The lowest BCUT2D eigenvalue weighted by atomic mass is 9.91. The van der Waals surface area contributed by atoms with Crippen molar-refractivity contribution in [3.05, 3.63) is 23.8 Å². The standard InChI is InChI=1S/C24H42O5/c1-8-20(26-5)17(4)18-14-19(18)23(25)15(2)10-9-11-16(3)24-21(27-6)12-13-22(28-7)29-24/h9-11,15,17-25H,8,12-14H2,1-7H3/b10-9+,16-11+/t15-,17-,18?,19?,20-,21-,22-,23+,24-/m0/s1. The summed E-state index contributed by atoms with van der Waals surface area (Å²) in [6.45, 7) is 8.57. The first-order chi connectivity index (χ1) is 13.9. The Morgan fingerprint density at radius 2 is 1.86 bits per heavy atom. The SMILES string of the molecule is CC[C@H](OC)[C@@H](C)C1CC1[C@H](O)[C@@H](C)/C=C/C=C(\C)[C@@H]1O[C@H](OC)CC[C@@H]1OC. The van der Waals surface area contributed by atoms with Crippen LogP contribution in [0, 0.1) is 23.7 Å². The predicted molar refractivity (Wildman–Crippen MR) is 116 cm³/mol. The van der Waals surface area contributed by atoms with Crippen molar-refractivity contribution in [2.75, 3.05) is 21.3 Å². The minimum absolute atomic E-state index is 0.0510. The number of hydrogen-bond donors (Lipinski definition) is 1. The summed E-state index contributed by atoms with van der Waals surface area (Å²) in [4.78, 5) is 0. The first-order valence-corrected chi connectivity index (χ1v) is 11.1. The van der Waals surface area contributed by atoms with E-state index in [9.17, 15) is 5.11 Å². The molecule has 1 aliphatic heterocycles. The molecule has 2 rings (SSSR count). The molecule has 1 aliphatic carbocycles. The summed E-state index contributed by atoms with van der Waals surface area (Å²) in [5.41, 5.74) is 1.11. The number of rotatable bonds is 11. The molecule has 0 bridgehead atoms. The maximum Gasteiger partial charge on any atom is 0.158 e. The van der Waals surface area contributed by atoms with E-state index in [-0.39, 0.29) is 36.6 Å². The second-order valence-corrected chi connectivity index (χ2v) is 8.82. The fraction of sp³-hybridized carbons (Fsp3) is 0.833. The lowest BCUT2D eigenvalue weighted by molar-refractivity contribution is -0.205. The van der Waals surface area contributed by atoms with E-state index in [0.717, 1.165) is 31.3 Å². The second kappa shape index (κ2) is 11.6. The van der Waals surface area contributed by atoms with Crippen molar-refractivity contribution in [3.8, 4) is 0 Å². The van der Waals surface area contributed by atoms with Crippen LogP contribution < -0.4 is 0 Å². The van der Waals surface area contributed by atoms with E-state index in [1.165, 1.54) is 0 Å². The Hall–Kier alpha value is -0.720. The Bertz CT molecular complexity index is 541. The van der Waals surface area contributed by atoms with E-state index in [2.05, 4.69) is 39.8 Å². The van der Waals surface area contributed by atoms with Crippen LogP contribution in [0.15, 0.2) is 23.8 Å². The number of methoxy groups -OCH3 is 3. The third kappa shape index (κ3) is 6.38. The van der Waals surface area contributed by atoms with E-state index >= 15 is 0 Å². The molecule has 1 saturated heterocycles. The van der Waals surface area contributed by atoms with Gasteiger partial charge in [0.1, 0.15) is 6.10 Å². The summed E-state index contributed by atoms with van der Waals surface area (Å²) in [7, 11) is 5.20. The number of hydrogen-bond acceptors (Lipinski definition) is 5. The van der Waals surface area contributed by atoms with Crippen LogP contribution in [0.5, 0.6) is 0 Å². The Labute approximate surface area is 177 Å². The Morgan fingerprint density at radius 3 is 2.45 bits per heavy atom. The fourth-order valence-corrected chi connectivity index (χ4v) is 4.83. The molecule has 9 atom stereocenters. The normalized spacial score (nSPS) is 34.8. The molecule has 2 unspecified atom stereocenters. The highest BCUT2D eigenvalue weighted by Gasteiger charge is 2.48. The van der Waals surface area contributed by atoms with E-state index in [4.69, 9.17) is 18.9 Å². The van der Waals surface area contributed by atoms with Gasteiger partial charge < -0.3 is 24.1 Å². The quantitative estimate of drug-likeness (QED) is 0.513. The van der Waals surface area contributed by atoms with Crippen LogP contribution in [0.25, 0.3) is 0 Å². The van der Waals surface area contributed by atoms with Crippen LogP contribution >= 0.6 is 0 Å². The summed E-state index contributed by atoms with van der Waals surface area (Å²) in [6.07, 6.45) is 9.85. The molecule has 0 aromatic rings. The van der Waals surface area contributed by atoms with Gasteiger partial charge in [-0.2, -0.15) is 0 Å². The molecule has 1 N–H and O–H groups in total. The smallest absolute Gasteiger partial charge is 0.158 e. The molecule has 5 nitrogen and oxygen atoms in total. The topological polar surface area (TPSA) is 57.2 Å². The van der Waals surface area contributed by atoms with Crippen LogP contribution in [0.2, 0.25) is 0 Å². The van der Waals surface area contributed by atoms with Crippen LogP contribution in [0.3, 0.4) is 0 Å². The molecule has 0 aromatic carbocycles. The number of aliphatic hydroxyl groups excluding tert-OH is 1. The maximum atomic E-state index is 10.8. The Kier molecular flexibility index (Phi) is 9.83. The Balaban J connectivity index is 1.90. The molecule has 1 saturated carbocycles. The molecule has 0 aromatic heterocycles. The van der Waals surface area contributed by atoms with Gasteiger partial charge in [-0.3, -0.25) is 0 Å². The minimum Gasteiger partial charge on any atom is -0.392 e. The molecular weight excluding hydrogens is 368 g/mol. The Morgan fingerprint density at radius 1 is 1.14 bits per heavy atom. The zero-order valence-electron chi connectivity index (χ0n) is 19.3. The van der Waals surface area contributed by atoms with Gasteiger partial charge in [0.25, 0.3) is 0 Å². The molecule has 5 heteroatoms. The van der Waals surface area contributed by atoms with Crippen molar-refractivity contribution in [2.24, 2.45) is 23.7 Å². The van der Waals surface area contributed by atoms with Crippen LogP contribution in [0.4, 0.5) is 0 Å². The van der Waals surface area contributed by atoms with Crippen molar-refractivity contribution < 1.29 is 24.1 Å². The molecule has 2 aliphatic rings. The van der Waals surface area contributed by atoms with Gasteiger partial charge >= 0.3 is 0 Å². The van der Waals surface area contributed by atoms with Gasteiger partial charge in [-0.05, 0) is 49.5 Å². The minimum atomic E-state index is -0.308. The number of ether oxygens (including phenoxy) is 4. The lowest BCUT2D eigenvalue weighted by Gasteiger charge is -2.35. The number of allylic oxidation sites excluding steroid dienone is 2. The van der Waals surface area contributed by atoms with Crippen molar-refractivity contribution in [1.82, 2.24) is 0 Å². The van der Waals surface area contributed by atoms with Crippen molar-refractivity contribution in [3.63, 3.8) is 0 Å². The summed E-state index contributed by atoms with van der Waals surface area (Å²) in [6, 6.07) is 0. The van der Waals surface area contributed by atoms with E-state index in [0.29, 0.717) is 17.8 Å². The zero-order chi connectivity index (χ0) is 21.6. The van der Waals surface area contributed by atoms with Gasteiger partial charge in [0.15, 0.2) is 6.29 Å². The van der Waals surface area contributed by atoms with Gasteiger partial charge in [-0.1, -0.05) is 39.0 Å². The number of aliphatic hydroxyl groups is 1. The summed E-state index contributed by atoms with van der Waals surface area (Å²) < 4.78 is 22.6. The third-order valence-electron chi connectivity index (χ3n) is 6.95. The van der Waals surface area contributed by atoms with Crippen LogP contribution in [-0.2, 0) is 18.9 Å². The average molecular weight is 411 g/mol. The summed E-state index contributed by atoms with van der Waals surface area (Å²) >= 11 is 0. The summed E-state index contributed by atoms with van der Waals surface area (Å²) in [5, 5.41) is 10.8. The molecule has 0 amide bonds. The molecule has 0 spiro atoms. The molecule has 1 heterocycles. The van der Waals surface area contributed by atoms with Crippen LogP contribution in [0.1, 0.15) is 53.4 Å². The van der Waals surface area contributed by atoms with Gasteiger partial charge in [-0.15, -0.1) is 0 Å². The molecule has 2 fully saturated rings. The van der Waals surface area contributed by atoms with Crippen molar-refractivity contribution >= 4 is 0 Å². The van der Waals surface area contributed by atoms with Gasteiger partial charge in [0, 0.05) is 33.7 Å². The average Bonchev–Trinajstić information content (AvgIpc) is 3.54. The monoisotopic (exact) mass is 410 g/mol. The highest BCUT2D eigenvalue weighted by atomic mass is 16.7. The van der Waals surface area contributed by atoms with Gasteiger partial charge in [-0.25, -0.2) is 0 Å². The molecule has 168 valence electrons. The molecule has 29 heavy (non-hydrogen) atoms. The van der Waals surface area contributed by atoms with Crippen molar-refractivity contribution in [2.45, 2.75) is 84.1 Å². The van der Waals surface area contributed by atoms with Gasteiger partial charge in [0.05, 0.1) is 18.3 Å². The molecule has 0 radical (unpaired) electrons. The lowest BCUT2D eigenvalue weighted by Crippen LogP contribution is -2.41. The van der Waals surface area contributed by atoms with E-state index in [1.54, 1.807) is 21.3 Å². The largest absolute Gasteiger partial charge is 0.392 e. The van der Waals surface area contributed by atoms with E-state index < -0.39 is 0 Å². The van der Waals surface area contributed by atoms with Crippen LogP contribution in [-0.4, -0.2) is 57.1 Å². The summed E-state index contributed by atoms with van der Waals surface area (Å²) in [5.74, 6) is 1.54. The van der Waals surface area contributed by atoms with Crippen molar-refractivity contribution in [1.29, 1.82) is 0 Å². The highest BCUT2D eigenvalue weighted by Crippen LogP contribution is 2.49. The fourth-order valence-electron chi connectivity index (χ4n) is 4.83. The maximum absolute atomic E-state index is 10.8. The third-order valence-corrected chi connectivity index (χ3v) is 6.95. The predicted octanol–water partition coefficient (Wildman–Crippen LogP) is 4.35. The van der Waals surface area contributed by atoms with Gasteiger partial charge in [0.2, 0.25) is 0 Å². The second-order valence-electron chi connectivity index (χ2n) is 8.82.